The number of hydrogen-bond acceptors (Lipinski definition) is 6. The van der Waals surface area contributed by atoms with Gasteiger partial charge >= 0.3 is 0 Å². The van der Waals surface area contributed by atoms with E-state index in [2.05, 4.69) is 19.9 Å². The van der Waals surface area contributed by atoms with Crippen molar-refractivity contribution in [2.45, 2.75) is 38.4 Å². The normalized spacial score (nSPS) is 11.0. The molecule has 0 fully saturated rings. The number of para-hydroxylation sites is 1. The number of thioether (sulfide) groups is 1. The summed E-state index contributed by atoms with van der Waals surface area (Å²) >= 11 is 1.50. The lowest BCUT2D eigenvalue weighted by Crippen LogP contribution is -2.28. The van der Waals surface area contributed by atoms with Crippen LogP contribution in [0.1, 0.15) is 29.2 Å². The molecule has 1 aromatic carbocycles. The standard InChI is InChI=1S/C20H23N5O2S/c1-12-14(13(2)22-20(21-12)28-4)9-10-18(26)25(3)11-17-23-16-8-6-5-7-15(16)19(27)24-17/h5-8H,9-11H2,1-4H3,(H,23,24,27). The Balaban J connectivity index is 1.68. The first kappa shape index (κ1) is 20.0. The van der Waals surface area contributed by atoms with E-state index in [1.54, 1.807) is 30.1 Å². The number of carbonyl (C=O) groups is 1. The molecule has 0 saturated carbocycles. The molecule has 146 valence electrons. The van der Waals surface area contributed by atoms with Crippen LogP contribution in [0.2, 0.25) is 0 Å². The third-order valence-electron chi connectivity index (χ3n) is 4.65. The zero-order valence-corrected chi connectivity index (χ0v) is 17.3. The van der Waals surface area contributed by atoms with Crippen molar-refractivity contribution in [1.29, 1.82) is 0 Å². The topological polar surface area (TPSA) is 91.8 Å². The van der Waals surface area contributed by atoms with Gasteiger partial charge in [-0.3, -0.25) is 9.59 Å². The maximum atomic E-state index is 12.6. The fourth-order valence-electron chi connectivity index (χ4n) is 3.11. The molecule has 0 bridgehead atoms. The van der Waals surface area contributed by atoms with Crippen LogP contribution in [0, 0.1) is 13.8 Å². The third-order valence-corrected chi connectivity index (χ3v) is 5.19. The highest BCUT2D eigenvalue weighted by Gasteiger charge is 2.15. The molecule has 0 atom stereocenters. The summed E-state index contributed by atoms with van der Waals surface area (Å²) in [4.78, 5) is 42.5. The second-order valence-corrected chi connectivity index (χ2v) is 7.41. The van der Waals surface area contributed by atoms with Crippen molar-refractivity contribution in [1.82, 2.24) is 24.8 Å². The summed E-state index contributed by atoms with van der Waals surface area (Å²) in [6.07, 6.45) is 2.87. The van der Waals surface area contributed by atoms with Gasteiger partial charge in [-0.2, -0.15) is 0 Å². The molecular formula is C20H23N5O2S. The first-order valence-corrected chi connectivity index (χ1v) is 10.2. The maximum Gasteiger partial charge on any atom is 0.258 e. The number of hydrogen-bond donors (Lipinski definition) is 1. The SMILES string of the molecule is CSc1nc(C)c(CCC(=O)N(C)Cc2nc3ccccc3c(=O)[nH]2)c(C)n1. The number of nitrogens with zero attached hydrogens (tertiary/aromatic N) is 4. The molecule has 2 aromatic heterocycles. The van der Waals surface area contributed by atoms with Gasteiger partial charge in [-0.15, -0.1) is 0 Å². The molecule has 28 heavy (non-hydrogen) atoms. The van der Waals surface area contributed by atoms with E-state index < -0.39 is 0 Å². The quantitative estimate of drug-likeness (QED) is 0.508. The Labute approximate surface area is 167 Å². The van der Waals surface area contributed by atoms with Gasteiger partial charge in [0.25, 0.3) is 5.56 Å². The number of amides is 1. The summed E-state index contributed by atoms with van der Waals surface area (Å²) in [6, 6.07) is 7.16. The number of aromatic amines is 1. The number of fused-ring (bicyclic) bond motifs is 1. The second kappa shape index (κ2) is 8.52. The molecule has 1 N–H and O–H groups in total. The first-order valence-electron chi connectivity index (χ1n) is 8.99. The fourth-order valence-corrected chi connectivity index (χ4v) is 3.56. The van der Waals surface area contributed by atoms with Gasteiger partial charge in [-0.1, -0.05) is 23.9 Å². The van der Waals surface area contributed by atoms with Crippen molar-refractivity contribution >= 4 is 28.6 Å². The zero-order chi connectivity index (χ0) is 20.3. The molecule has 0 unspecified atom stereocenters. The van der Waals surface area contributed by atoms with Gasteiger partial charge in [0.1, 0.15) is 5.82 Å². The lowest BCUT2D eigenvalue weighted by Gasteiger charge is -2.17. The molecule has 0 aliphatic carbocycles. The van der Waals surface area contributed by atoms with Gasteiger partial charge in [0.15, 0.2) is 5.16 Å². The minimum Gasteiger partial charge on any atom is -0.338 e. The van der Waals surface area contributed by atoms with Gasteiger partial charge in [-0.25, -0.2) is 15.0 Å². The molecule has 2 heterocycles. The summed E-state index contributed by atoms with van der Waals surface area (Å²) in [5.74, 6) is 0.447. The van der Waals surface area contributed by atoms with Crippen molar-refractivity contribution in [3.63, 3.8) is 0 Å². The minimum absolute atomic E-state index is 0.0245. The molecule has 0 aliphatic heterocycles. The van der Waals surface area contributed by atoms with Crippen molar-refractivity contribution in [2.75, 3.05) is 13.3 Å². The third kappa shape index (κ3) is 4.39. The van der Waals surface area contributed by atoms with E-state index in [4.69, 9.17) is 0 Å². The van der Waals surface area contributed by atoms with Crippen LogP contribution in [0.3, 0.4) is 0 Å². The van der Waals surface area contributed by atoms with Gasteiger partial charge < -0.3 is 9.88 Å². The molecule has 7 nitrogen and oxygen atoms in total. The Morgan fingerprint density at radius 3 is 2.50 bits per heavy atom. The van der Waals surface area contributed by atoms with E-state index >= 15 is 0 Å². The van der Waals surface area contributed by atoms with Crippen LogP contribution in [-0.2, 0) is 17.8 Å². The van der Waals surface area contributed by atoms with Crippen LogP contribution >= 0.6 is 11.8 Å². The van der Waals surface area contributed by atoms with Crippen LogP contribution in [-0.4, -0.2) is 44.0 Å². The molecule has 0 radical (unpaired) electrons. The van der Waals surface area contributed by atoms with Crippen molar-refractivity contribution in [2.24, 2.45) is 0 Å². The number of carbonyl (C=O) groups excluding carboxylic acids is 1. The molecule has 8 heteroatoms. The molecule has 3 aromatic rings. The number of aromatic nitrogens is 4. The van der Waals surface area contributed by atoms with Gasteiger partial charge in [0, 0.05) is 24.9 Å². The Bertz CT molecular complexity index is 1060. The van der Waals surface area contributed by atoms with Crippen LogP contribution in [0.25, 0.3) is 10.9 Å². The Morgan fingerprint density at radius 2 is 1.82 bits per heavy atom. The molecule has 1 amide bonds. The molecular weight excluding hydrogens is 374 g/mol. The molecule has 0 spiro atoms. The van der Waals surface area contributed by atoms with Crippen LogP contribution in [0.15, 0.2) is 34.2 Å². The number of benzene rings is 1. The van der Waals surface area contributed by atoms with E-state index in [0.29, 0.717) is 29.6 Å². The Kier molecular flexibility index (Phi) is 6.08. The van der Waals surface area contributed by atoms with Crippen LogP contribution < -0.4 is 5.56 Å². The van der Waals surface area contributed by atoms with E-state index in [-0.39, 0.29) is 18.0 Å². The van der Waals surface area contributed by atoms with E-state index in [0.717, 1.165) is 22.1 Å². The number of nitrogens with one attached hydrogen (secondary N) is 1. The highest BCUT2D eigenvalue weighted by molar-refractivity contribution is 7.98. The van der Waals surface area contributed by atoms with E-state index in [9.17, 15) is 9.59 Å². The molecule has 3 rings (SSSR count). The van der Waals surface area contributed by atoms with Gasteiger partial charge in [0.05, 0.1) is 17.4 Å². The highest BCUT2D eigenvalue weighted by Crippen LogP contribution is 2.17. The van der Waals surface area contributed by atoms with Crippen molar-refractivity contribution in [3.8, 4) is 0 Å². The Hall–Kier alpha value is -2.74. The molecule has 0 saturated heterocycles. The number of aryl methyl sites for hydroxylation is 2. The van der Waals surface area contributed by atoms with Crippen LogP contribution in [0.5, 0.6) is 0 Å². The average Bonchev–Trinajstić information content (AvgIpc) is 2.67. The van der Waals surface area contributed by atoms with E-state index in [1.165, 1.54) is 11.8 Å². The lowest BCUT2D eigenvalue weighted by molar-refractivity contribution is -0.130. The lowest BCUT2D eigenvalue weighted by atomic mass is 10.1. The average molecular weight is 398 g/mol. The van der Waals surface area contributed by atoms with Crippen molar-refractivity contribution < 1.29 is 4.79 Å². The summed E-state index contributed by atoms with van der Waals surface area (Å²) in [5.41, 5.74) is 3.26. The second-order valence-electron chi connectivity index (χ2n) is 6.64. The largest absolute Gasteiger partial charge is 0.338 e. The van der Waals surface area contributed by atoms with Gasteiger partial charge in [-0.05, 0) is 44.2 Å². The summed E-state index contributed by atoms with van der Waals surface area (Å²) in [7, 11) is 1.71. The fraction of sp³-hybridized carbons (Fsp3) is 0.350. The highest BCUT2D eigenvalue weighted by atomic mass is 32.2. The smallest absolute Gasteiger partial charge is 0.258 e. The summed E-state index contributed by atoms with van der Waals surface area (Å²) in [5, 5.41) is 1.29. The summed E-state index contributed by atoms with van der Waals surface area (Å²) in [6.45, 7) is 4.14. The number of rotatable bonds is 6. The maximum absolute atomic E-state index is 12.6. The zero-order valence-electron chi connectivity index (χ0n) is 16.4. The van der Waals surface area contributed by atoms with Crippen molar-refractivity contribution in [3.05, 3.63) is 57.4 Å². The predicted octanol–water partition coefficient (Wildman–Crippen LogP) is 2.64. The first-order chi connectivity index (χ1) is 13.4. The monoisotopic (exact) mass is 397 g/mol. The van der Waals surface area contributed by atoms with E-state index in [1.807, 2.05) is 26.2 Å². The summed E-state index contributed by atoms with van der Waals surface area (Å²) < 4.78 is 0. The number of H-pyrrole nitrogens is 1. The Morgan fingerprint density at radius 1 is 1.14 bits per heavy atom. The minimum atomic E-state index is -0.196. The molecule has 0 aliphatic rings. The predicted molar refractivity (Wildman–Crippen MR) is 110 cm³/mol. The van der Waals surface area contributed by atoms with Gasteiger partial charge in [0.2, 0.25) is 5.91 Å². The van der Waals surface area contributed by atoms with Crippen LogP contribution in [0.4, 0.5) is 0 Å².